The summed E-state index contributed by atoms with van der Waals surface area (Å²) >= 11 is 0. The molecule has 1 atom stereocenters. The molecule has 0 aromatic heterocycles. The number of carbonyl (C=O) groups is 2. The number of hydrogen-bond donors (Lipinski definition) is 2. The molecule has 0 heterocycles. The van der Waals surface area contributed by atoms with Crippen molar-refractivity contribution >= 4 is 17.5 Å². The molecule has 18 heavy (non-hydrogen) atoms. The Hall–Kier alpha value is -1.84. The zero-order chi connectivity index (χ0) is 13.5. The van der Waals surface area contributed by atoms with E-state index in [1.807, 2.05) is 44.2 Å². The third-order valence-corrected chi connectivity index (χ3v) is 2.44. The summed E-state index contributed by atoms with van der Waals surface area (Å²) in [7, 11) is 0. The van der Waals surface area contributed by atoms with Gasteiger partial charge in [-0.3, -0.25) is 9.59 Å². The summed E-state index contributed by atoms with van der Waals surface area (Å²) in [5, 5.41) is 5.48. The number of hydrogen-bond acceptors (Lipinski definition) is 2. The van der Waals surface area contributed by atoms with E-state index in [2.05, 4.69) is 10.6 Å². The first-order valence-corrected chi connectivity index (χ1v) is 6.12. The van der Waals surface area contributed by atoms with Crippen molar-refractivity contribution in [2.45, 2.75) is 33.2 Å². The maximum absolute atomic E-state index is 12.1. The summed E-state index contributed by atoms with van der Waals surface area (Å²) < 4.78 is 0. The molecular weight excluding hydrogens is 228 g/mol. The number of para-hydroxylation sites is 1. The van der Waals surface area contributed by atoms with Crippen molar-refractivity contribution in [2.24, 2.45) is 5.92 Å². The van der Waals surface area contributed by atoms with Gasteiger partial charge in [-0.25, -0.2) is 0 Å². The molecule has 0 saturated carbocycles. The molecule has 1 aromatic carbocycles. The summed E-state index contributed by atoms with van der Waals surface area (Å²) in [6, 6.07) is 8.74. The second-order valence-corrected chi connectivity index (χ2v) is 4.74. The average Bonchev–Trinajstić information content (AvgIpc) is 2.28. The van der Waals surface area contributed by atoms with E-state index in [1.165, 1.54) is 6.92 Å². The summed E-state index contributed by atoms with van der Waals surface area (Å²) in [6.45, 7) is 5.46. The quantitative estimate of drug-likeness (QED) is 0.839. The zero-order valence-electron chi connectivity index (χ0n) is 11.1. The lowest BCUT2D eigenvalue weighted by molar-refractivity contribution is -0.125. The Morgan fingerprint density at radius 3 is 2.28 bits per heavy atom. The van der Waals surface area contributed by atoms with Crippen molar-refractivity contribution in [3.63, 3.8) is 0 Å². The molecule has 4 nitrogen and oxygen atoms in total. The molecule has 1 rings (SSSR count). The van der Waals surface area contributed by atoms with Crippen LogP contribution in [0.2, 0.25) is 0 Å². The Kier molecular flexibility index (Phi) is 5.36. The predicted octanol–water partition coefficient (Wildman–Crippen LogP) is 2.18. The normalized spacial score (nSPS) is 12.0. The zero-order valence-corrected chi connectivity index (χ0v) is 11.1. The van der Waals surface area contributed by atoms with Gasteiger partial charge in [0, 0.05) is 12.6 Å². The molecule has 0 unspecified atom stereocenters. The Labute approximate surface area is 108 Å². The Bertz CT molecular complexity index is 402. The molecule has 2 amide bonds. The van der Waals surface area contributed by atoms with Crippen LogP contribution in [0.25, 0.3) is 0 Å². The molecule has 2 N–H and O–H groups in total. The van der Waals surface area contributed by atoms with Crippen LogP contribution in [0.3, 0.4) is 0 Å². The minimum absolute atomic E-state index is 0.176. The SMILES string of the molecule is CC(=O)N[C@H](CC(C)C)C(=O)Nc1ccccc1. The fourth-order valence-corrected chi connectivity index (χ4v) is 1.70. The van der Waals surface area contributed by atoms with Crippen LogP contribution >= 0.6 is 0 Å². The number of benzene rings is 1. The summed E-state index contributed by atoms with van der Waals surface area (Å²) in [5.74, 6) is -0.0302. The Balaban J connectivity index is 2.67. The number of carbonyl (C=O) groups excluding carboxylic acids is 2. The fourth-order valence-electron chi connectivity index (χ4n) is 1.70. The van der Waals surface area contributed by atoms with E-state index in [0.717, 1.165) is 5.69 Å². The highest BCUT2D eigenvalue weighted by atomic mass is 16.2. The fraction of sp³-hybridized carbons (Fsp3) is 0.429. The molecule has 0 aliphatic heterocycles. The van der Waals surface area contributed by atoms with Crippen molar-refractivity contribution in [1.82, 2.24) is 5.32 Å². The predicted molar refractivity (Wildman–Crippen MR) is 72.1 cm³/mol. The van der Waals surface area contributed by atoms with E-state index in [-0.39, 0.29) is 11.8 Å². The first-order chi connectivity index (χ1) is 8.49. The third-order valence-electron chi connectivity index (χ3n) is 2.44. The Morgan fingerprint density at radius 2 is 1.78 bits per heavy atom. The maximum atomic E-state index is 12.1. The number of rotatable bonds is 5. The van der Waals surface area contributed by atoms with Crippen LogP contribution in [0.5, 0.6) is 0 Å². The van der Waals surface area contributed by atoms with Crippen molar-refractivity contribution in [3.8, 4) is 0 Å². The van der Waals surface area contributed by atoms with E-state index >= 15 is 0 Å². The highest BCUT2D eigenvalue weighted by molar-refractivity contribution is 5.96. The summed E-state index contributed by atoms with van der Waals surface area (Å²) in [4.78, 5) is 23.2. The number of anilines is 1. The van der Waals surface area contributed by atoms with Crippen LogP contribution in [0.4, 0.5) is 5.69 Å². The minimum Gasteiger partial charge on any atom is -0.345 e. The molecule has 0 aliphatic carbocycles. The second-order valence-electron chi connectivity index (χ2n) is 4.74. The summed E-state index contributed by atoms with van der Waals surface area (Å²) in [6.07, 6.45) is 0.623. The van der Waals surface area contributed by atoms with Crippen molar-refractivity contribution < 1.29 is 9.59 Å². The maximum Gasteiger partial charge on any atom is 0.246 e. The van der Waals surface area contributed by atoms with Crippen molar-refractivity contribution in [1.29, 1.82) is 0 Å². The van der Waals surface area contributed by atoms with Gasteiger partial charge >= 0.3 is 0 Å². The van der Waals surface area contributed by atoms with Crippen molar-refractivity contribution in [2.75, 3.05) is 5.32 Å². The molecule has 4 heteroatoms. The van der Waals surface area contributed by atoms with Crippen LogP contribution in [0.15, 0.2) is 30.3 Å². The lowest BCUT2D eigenvalue weighted by atomic mass is 10.0. The summed E-state index contributed by atoms with van der Waals surface area (Å²) in [5.41, 5.74) is 0.738. The topological polar surface area (TPSA) is 58.2 Å². The Morgan fingerprint density at radius 1 is 1.17 bits per heavy atom. The van der Waals surface area contributed by atoms with Crippen LogP contribution < -0.4 is 10.6 Å². The first-order valence-electron chi connectivity index (χ1n) is 6.12. The average molecular weight is 248 g/mol. The van der Waals surface area contributed by atoms with Crippen LogP contribution in [-0.2, 0) is 9.59 Å². The monoisotopic (exact) mass is 248 g/mol. The molecule has 1 aromatic rings. The van der Waals surface area contributed by atoms with E-state index in [0.29, 0.717) is 12.3 Å². The van der Waals surface area contributed by atoms with Crippen LogP contribution in [0.1, 0.15) is 27.2 Å². The van der Waals surface area contributed by atoms with Gasteiger partial charge in [-0.15, -0.1) is 0 Å². The molecule has 0 bridgehead atoms. The van der Waals surface area contributed by atoms with E-state index < -0.39 is 6.04 Å². The lowest BCUT2D eigenvalue weighted by Crippen LogP contribution is -2.43. The smallest absolute Gasteiger partial charge is 0.246 e. The van der Waals surface area contributed by atoms with Crippen LogP contribution in [0, 0.1) is 5.92 Å². The molecule has 0 saturated heterocycles. The van der Waals surface area contributed by atoms with Gasteiger partial charge in [0.2, 0.25) is 11.8 Å². The minimum atomic E-state index is -0.484. The van der Waals surface area contributed by atoms with E-state index in [9.17, 15) is 9.59 Å². The van der Waals surface area contributed by atoms with Gasteiger partial charge in [0.15, 0.2) is 0 Å². The van der Waals surface area contributed by atoms with Gasteiger partial charge < -0.3 is 10.6 Å². The molecule has 98 valence electrons. The number of amides is 2. The largest absolute Gasteiger partial charge is 0.345 e. The molecule has 0 radical (unpaired) electrons. The van der Waals surface area contributed by atoms with E-state index in [1.54, 1.807) is 0 Å². The highest BCUT2D eigenvalue weighted by Gasteiger charge is 2.20. The molecular formula is C14H20N2O2. The second kappa shape index (κ2) is 6.79. The highest BCUT2D eigenvalue weighted by Crippen LogP contribution is 2.10. The number of nitrogens with one attached hydrogen (secondary N) is 2. The van der Waals surface area contributed by atoms with Gasteiger partial charge in [0.05, 0.1) is 0 Å². The molecule has 0 spiro atoms. The molecule has 0 aliphatic rings. The van der Waals surface area contributed by atoms with E-state index in [4.69, 9.17) is 0 Å². The van der Waals surface area contributed by atoms with Gasteiger partial charge in [-0.05, 0) is 24.5 Å². The van der Waals surface area contributed by atoms with Gasteiger partial charge in [-0.1, -0.05) is 32.0 Å². The van der Waals surface area contributed by atoms with Crippen LogP contribution in [-0.4, -0.2) is 17.9 Å². The van der Waals surface area contributed by atoms with Gasteiger partial charge in [0.25, 0.3) is 0 Å². The van der Waals surface area contributed by atoms with Gasteiger partial charge in [-0.2, -0.15) is 0 Å². The standard InChI is InChI=1S/C14H20N2O2/c1-10(2)9-13(15-11(3)17)14(18)16-12-7-5-4-6-8-12/h4-8,10,13H,9H2,1-3H3,(H,15,17)(H,16,18)/t13-/m1/s1. The van der Waals surface area contributed by atoms with Crippen molar-refractivity contribution in [3.05, 3.63) is 30.3 Å². The lowest BCUT2D eigenvalue weighted by Gasteiger charge is -2.19. The first kappa shape index (κ1) is 14.2. The van der Waals surface area contributed by atoms with Gasteiger partial charge in [0.1, 0.15) is 6.04 Å². The third kappa shape index (κ3) is 4.99. The molecule has 0 fully saturated rings.